The summed E-state index contributed by atoms with van der Waals surface area (Å²) in [7, 11) is -3.78. The van der Waals surface area contributed by atoms with Crippen LogP contribution < -0.4 is 4.72 Å². The van der Waals surface area contributed by atoms with E-state index in [1.165, 1.54) is 30.5 Å². The molecule has 1 heterocycles. The van der Waals surface area contributed by atoms with Gasteiger partial charge < -0.3 is 10.1 Å². The van der Waals surface area contributed by atoms with Crippen LogP contribution in [-0.2, 0) is 10.0 Å². The molecule has 1 aromatic heterocycles. The Kier molecular flexibility index (Phi) is 4.53. The average Bonchev–Trinajstić information content (AvgIpc) is 2.46. The number of benzene rings is 1. The first-order chi connectivity index (χ1) is 10.3. The van der Waals surface area contributed by atoms with Gasteiger partial charge in [-0.25, -0.2) is 13.1 Å². The molecule has 1 aromatic carbocycles. The van der Waals surface area contributed by atoms with Crippen LogP contribution in [0.1, 0.15) is 13.8 Å². The maximum atomic E-state index is 12.4. The molecule has 0 radical (unpaired) electrons. The summed E-state index contributed by atoms with van der Waals surface area (Å²) in [6.07, 6.45) is 1.30. The molecule has 1 N–H and O–H groups in total. The summed E-state index contributed by atoms with van der Waals surface area (Å²) in [4.78, 5) is 14.2. The minimum Gasteiger partial charge on any atom is -0.358 e. The first-order valence-corrected chi connectivity index (χ1v) is 8.02. The molecular weight excluding hydrogens is 306 g/mol. The van der Waals surface area contributed by atoms with Crippen molar-refractivity contribution < 1.29 is 13.3 Å². The van der Waals surface area contributed by atoms with Crippen LogP contribution in [0.25, 0.3) is 11.1 Å². The Labute approximate surface area is 128 Å². The zero-order chi connectivity index (χ0) is 16.3. The third kappa shape index (κ3) is 3.29. The van der Waals surface area contributed by atoms with Crippen molar-refractivity contribution in [1.29, 1.82) is 0 Å². The fourth-order valence-electron chi connectivity index (χ4n) is 2.05. The van der Waals surface area contributed by atoms with E-state index in [0.29, 0.717) is 0 Å². The lowest BCUT2D eigenvalue weighted by atomic mass is 10.1. The minimum absolute atomic E-state index is 0.0141. The number of hydrogen-bond donors (Lipinski definition) is 1. The predicted molar refractivity (Wildman–Crippen MR) is 81.8 cm³/mol. The van der Waals surface area contributed by atoms with E-state index in [2.05, 4.69) is 9.71 Å². The fourth-order valence-corrected chi connectivity index (χ4v) is 3.52. The summed E-state index contributed by atoms with van der Waals surface area (Å²) in [5.41, 5.74) is 0.410. The highest BCUT2D eigenvalue weighted by Crippen LogP contribution is 2.32. The van der Waals surface area contributed by atoms with E-state index in [-0.39, 0.29) is 27.9 Å². The van der Waals surface area contributed by atoms with Gasteiger partial charge in [-0.3, -0.25) is 0 Å². The Morgan fingerprint density at radius 3 is 2.41 bits per heavy atom. The van der Waals surface area contributed by atoms with Crippen molar-refractivity contribution in [3.8, 4) is 11.1 Å². The van der Waals surface area contributed by atoms with E-state index in [9.17, 15) is 18.5 Å². The summed E-state index contributed by atoms with van der Waals surface area (Å²) in [5.74, 6) is -0.380. The van der Waals surface area contributed by atoms with Crippen LogP contribution in [-0.4, -0.2) is 24.4 Å². The zero-order valence-corrected chi connectivity index (χ0v) is 12.9. The molecule has 8 heteroatoms. The summed E-state index contributed by atoms with van der Waals surface area (Å²) >= 11 is 0. The molecule has 0 saturated carbocycles. The van der Waals surface area contributed by atoms with E-state index < -0.39 is 14.9 Å². The van der Waals surface area contributed by atoms with Crippen molar-refractivity contribution in [2.45, 2.75) is 24.8 Å². The number of rotatable bonds is 5. The maximum absolute atomic E-state index is 12.4. The predicted octanol–water partition coefficient (Wildman–Crippen LogP) is 2.34. The van der Waals surface area contributed by atoms with Gasteiger partial charge in [0.2, 0.25) is 10.0 Å². The van der Waals surface area contributed by atoms with Gasteiger partial charge in [0.25, 0.3) is 0 Å². The van der Waals surface area contributed by atoms with Gasteiger partial charge in [-0.15, -0.1) is 0 Å². The first kappa shape index (κ1) is 16.1. The molecule has 0 spiro atoms. The van der Waals surface area contributed by atoms with Crippen LogP contribution in [0.3, 0.4) is 0 Å². The molecule has 0 fully saturated rings. The zero-order valence-electron chi connectivity index (χ0n) is 12.1. The highest BCUT2D eigenvalue weighted by molar-refractivity contribution is 7.89. The minimum atomic E-state index is -3.78. The molecule has 0 aliphatic carbocycles. The number of pyridine rings is 1. The van der Waals surface area contributed by atoms with Crippen molar-refractivity contribution in [2.75, 3.05) is 0 Å². The van der Waals surface area contributed by atoms with Crippen molar-refractivity contribution in [2.24, 2.45) is 0 Å². The SMILES string of the molecule is CC(C)NS(=O)(=O)c1ccccc1-c1cccnc1[N+](=O)[O-]. The second-order valence-electron chi connectivity index (χ2n) is 4.90. The summed E-state index contributed by atoms with van der Waals surface area (Å²) in [6.45, 7) is 3.40. The Balaban J connectivity index is 2.67. The molecule has 2 aromatic rings. The molecule has 116 valence electrons. The standard InChI is InChI=1S/C14H15N3O4S/c1-10(2)16-22(20,21)13-8-4-3-6-11(13)12-7-5-9-15-14(12)17(18)19/h3-10,16H,1-2H3. The Morgan fingerprint density at radius 1 is 1.14 bits per heavy atom. The van der Waals surface area contributed by atoms with Crippen LogP contribution in [0.15, 0.2) is 47.5 Å². The third-order valence-corrected chi connectivity index (χ3v) is 4.53. The van der Waals surface area contributed by atoms with Crippen molar-refractivity contribution in [3.63, 3.8) is 0 Å². The van der Waals surface area contributed by atoms with E-state index >= 15 is 0 Å². The molecular formula is C14H15N3O4S. The number of nitrogens with zero attached hydrogens (tertiary/aromatic N) is 2. The molecule has 22 heavy (non-hydrogen) atoms. The smallest absolute Gasteiger partial charge is 0.358 e. The van der Waals surface area contributed by atoms with Gasteiger partial charge in [-0.05, 0) is 42.0 Å². The summed E-state index contributed by atoms with van der Waals surface area (Å²) in [6, 6.07) is 8.86. The normalized spacial score (nSPS) is 11.6. The lowest BCUT2D eigenvalue weighted by Crippen LogP contribution is -2.30. The second-order valence-corrected chi connectivity index (χ2v) is 6.59. The lowest BCUT2D eigenvalue weighted by molar-refractivity contribution is -0.388. The van der Waals surface area contributed by atoms with Gasteiger partial charge in [-0.1, -0.05) is 18.2 Å². The van der Waals surface area contributed by atoms with Gasteiger partial charge in [0, 0.05) is 11.6 Å². The number of aromatic nitrogens is 1. The maximum Gasteiger partial charge on any atom is 0.371 e. The van der Waals surface area contributed by atoms with Gasteiger partial charge in [-0.2, -0.15) is 0 Å². The molecule has 0 atom stereocenters. The van der Waals surface area contributed by atoms with E-state index in [0.717, 1.165) is 0 Å². The number of nitrogens with one attached hydrogen (secondary N) is 1. The molecule has 0 unspecified atom stereocenters. The molecule has 0 aliphatic heterocycles. The Morgan fingerprint density at radius 2 is 1.77 bits per heavy atom. The van der Waals surface area contributed by atoms with Crippen LogP contribution >= 0.6 is 0 Å². The van der Waals surface area contributed by atoms with Crippen LogP contribution in [0, 0.1) is 10.1 Å². The molecule has 0 aliphatic rings. The largest absolute Gasteiger partial charge is 0.371 e. The number of sulfonamides is 1. The van der Waals surface area contributed by atoms with E-state index in [1.54, 1.807) is 26.0 Å². The van der Waals surface area contributed by atoms with Gasteiger partial charge in [0.15, 0.2) is 0 Å². The van der Waals surface area contributed by atoms with Crippen molar-refractivity contribution in [1.82, 2.24) is 9.71 Å². The first-order valence-electron chi connectivity index (χ1n) is 6.54. The Hall–Kier alpha value is -2.32. The highest BCUT2D eigenvalue weighted by Gasteiger charge is 2.24. The molecule has 7 nitrogen and oxygen atoms in total. The Bertz CT molecular complexity index is 803. The molecule has 0 amide bonds. The van der Waals surface area contributed by atoms with Crippen molar-refractivity contribution in [3.05, 3.63) is 52.7 Å². The lowest BCUT2D eigenvalue weighted by Gasteiger charge is -2.13. The average molecular weight is 321 g/mol. The second kappa shape index (κ2) is 6.20. The topological polar surface area (TPSA) is 102 Å². The van der Waals surface area contributed by atoms with Gasteiger partial charge >= 0.3 is 5.82 Å². The summed E-state index contributed by atoms with van der Waals surface area (Å²) in [5, 5.41) is 11.1. The van der Waals surface area contributed by atoms with Crippen LogP contribution in [0.4, 0.5) is 5.82 Å². The van der Waals surface area contributed by atoms with E-state index in [1.807, 2.05) is 0 Å². The highest BCUT2D eigenvalue weighted by atomic mass is 32.2. The van der Waals surface area contributed by atoms with Crippen LogP contribution in [0.5, 0.6) is 0 Å². The third-order valence-electron chi connectivity index (χ3n) is 2.82. The van der Waals surface area contributed by atoms with E-state index in [4.69, 9.17) is 0 Å². The quantitative estimate of drug-likeness (QED) is 0.672. The summed E-state index contributed by atoms with van der Waals surface area (Å²) < 4.78 is 27.3. The molecule has 2 rings (SSSR count). The van der Waals surface area contributed by atoms with Crippen molar-refractivity contribution >= 4 is 15.8 Å². The fraction of sp³-hybridized carbons (Fsp3) is 0.214. The van der Waals surface area contributed by atoms with Gasteiger partial charge in [0.05, 0.1) is 10.5 Å². The monoisotopic (exact) mass is 321 g/mol. The number of nitro groups is 1. The molecule has 0 saturated heterocycles. The van der Waals surface area contributed by atoms with Gasteiger partial charge in [0.1, 0.15) is 6.20 Å². The number of hydrogen-bond acceptors (Lipinski definition) is 5. The molecule has 0 bridgehead atoms. The van der Waals surface area contributed by atoms with Crippen LogP contribution in [0.2, 0.25) is 0 Å².